The maximum atomic E-state index is 12.3. The zero-order valence-corrected chi connectivity index (χ0v) is 17.7. The molecule has 0 saturated heterocycles. The van der Waals surface area contributed by atoms with Crippen LogP contribution in [0.2, 0.25) is 0 Å². The molecule has 154 valence electrons. The first-order valence-corrected chi connectivity index (χ1v) is 10.6. The SMILES string of the molecule is Cc1ccc(-n2c(SCC(=O)NN=Cc3cccnc3)nnc2-c2ccccc2)cc1. The molecule has 2 heterocycles. The van der Waals surface area contributed by atoms with Crippen molar-refractivity contribution < 1.29 is 4.79 Å². The molecule has 1 amide bonds. The van der Waals surface area contributed by atoms with Gasteiger partial charge in [-0.25, -0.2) is 5.43 Å². The second-order valence-electron chi connectivity index (χ2n) is 6.71. The first-order valence-electron chi connectivity index (χ1n) is 9.63. The van der Waals surface area contributed by atoms with Crippen LogP contribution in [0.4, 0.5) is 0 Å². The van der Waals surface area contributed by atoms with E-state index in [0.29, 0.717) is 5.16 Å². The number of aryl methyl sites for hydroxylation is 1. The third-order valence-electron chi connectivity index (χ3n) is 4.38. The molecule has 0 aliphatic carbocycles. The van der Waals surface area contributed by atoms with Gasteiger partial charge in [-0.15, -0.1) is 10.2 Å². The lowest BCUT2D eigenvalue weighted by Gasteiger charge is -2.10. The number of carbonyl (C=O) groups is 1. The highest BCUT2D eigenvalue weighted by Gasteiger charge is 2.17. The van der Waals surface area contributed by atoms with E-state index in [-0.39, 0.29) is 11.7 Å². The molecule has 1 N–H and O–H groups in total. The molecule has 0 unspecified atom stereocenters. The molecule has 4 rings (SSSR count). The van der Waals surface area contributed by atoms with Gasteiger partial charge in [0.1, 0.15) is 0 Å². The summed E-state index contributed by atoms with van der Waals surface area (Å²) in [5.74, 6) is 0.648. The Hall–Kier alpha value is -3.78. The molecular formula is C23H20N6OS. The van der Waals surface area contributed by atoms with Gasteiger partial charge in [0.2, 0.25) is 0 Å². The van der Waals surface area contributed by atoms with Crippen LogP contribution in [0.3, 0.4) is 0 Å². The van der Waals surface area contributed by atoms with Crippen molar-refractivity contribution in [1.29, 1.82) is 0 Å². The Kier molecular flexibility index (Phi) is 6.49. The van der Waals surface area contributed by atoms with Crippen LogP contribution in [0.5, 0.6) is 0 Å². The minimum Gasteiger partial charge on any atom is -0.272 e. The lowest BCUT2D eigenvalue weighted by molar-refractivity contribution is -0.118. The number of carbonyl (C=O) groups excluding carboxylic acids is 1. The molecule has 2 aromatic heterocycles. The fourth-order valence-electron chi connectivity index (χ4n) is 2.86. The van der Waals surface area contributed by atoms with Crippen molar-refractivity contribution in [2.45, 2.75) is 12.1 Å². The molecule has 8 heteroatoms. The van der Waals surface area contributed by atoms with Gasteiger partial charge in [0, 0.05) is 29.2 Å². The molecule has 0 fully saturated rings. The van der Waals surface area contributed by atoms with Crippen LogP contribution in [0.15, 0.2) is 89.4 Å². The van der Waals surface area contributed by atoms with Crippen molar-refractivity contribution in [3.05, 3.63) is 90.3 Å². The number of nitrogens with zero attached hydrogens (tertiary/aromatic N) is 5. The van der Waals surface area contributed by atoms with E-state index in [1.165, 1.54) is 11.8 Å². The zero-order chi connectivity index (χ0) is 21.5. The quantitative estimate of drug-likeness (QED) is 0.274. The van der Waals surface area contributed by atoms with E-state index in [9.17, 15) is 4.79 Å². The minimum atomic E-state index is -0.232. The van der Waals surface area contributed by atoms with Gasteiger partial charge in [0.15, 0.2) is 11.0 Å². The van der Waals surface area contributed by atoms with Crippen LogP contribution in [-0.2, 0) is 4.79 Å². The molecule has 4 aromatic rings. The van der Waals surface area contributed by atoms with Gasteiger partial charge in [0.05, 0.1) is 12.0 Å². The number of rotatable bonds is 7. The molecule has 0 bridgehead atoms. The smallest absolute Gasteiger partial charge is 0.250 e. The average Bonchev–Trinajstić information content (AvgIpc) is 3.23. The summed E-state index contributed by atoms with van der Waals surface area (Å²) in [6.45, 7) is 2.04. The van der Waals surface area contributed by atoms with Gasteiger partial charge in [-0.3, -0.25) is 14.3 Å². The zero-order valence-electron chi connectivity index (χ0n) is 16.8. The summed E-state index contributed by atoms with van der Waals surface area (Å²) in [6.07, 6.45) is 4.90. The summed E-state index contributed by atoms with van der Waals surface area (Å²) in [6, 6.07) is 21.6. The fraction of sp³-hybridized carbons (Fsp3) is 0.0870. The molecule has 2 aromatic carbocycles. The molecule has 0 spiro atoms. The van der Waals surface area contributed by atoms with Crippen molar-refractivity contribution >= 4 is 23.9 Å². The van der Waals surface area contributed by atoms with E-state index in [2.05, 4.69) is 25.7 Å². The number of hydrogen-bond donors (Lipinski definition) is 1. The fourth-order valence-corrected chi connectivity index (χ4v) is 3.60. The minimum absolute atomic E-state index is 0.156. The predicted molar refractivity (Wildman–Crippen MR) is 122 cm³/mol. The lowest BCUT2D eigenvalue weighted by Crippen LogP contribution is -2.20. The molecule has 0 aliphatic rings. The van der Waals surface area contributed by atoms with Gasteiger partial charge in [-0.05, 0) is 25.1 Å². The standard InChI is InChI=1S/C23H20N6OS/c1-17-9-11-20(12-10-17)29-22(19-7-3-2-4-8-19)27-28-23(29)31-16-21(30)26-25-15-18-6-5-13-24-14-18/h2-15H,16H2,1H3,(H,26,30). The second-order valence-corrected chi connectivity index (χ2v) is 7.65. The highest BCUT2D eigenvalue weighted by atomic mass is 32.2. The van der Waals surface area contributed by atoms with E-state index >= 15 is 0 Å². The van der Waals surface area contributed by atoms with Crippen molar-refractivity contribution in [3.8, 4) is 17.1 Å². The van der Waals surface area contributed by atoms with E-state index < -0.39 is 0 Å². The average molecular weight is 429 g/mol. The summed E-state index contributed by atoms with van der Waals surface area (Å²) in [5, 5.41) is 13.3. The van der Waals surface area contributed by atoms with Crippen molar-refractivity contribution in [1.82, 2.24) is 25.2 Å². The molecule has 0 atom stereocenters. The highest BCUT2D eigenvalue weighted by molar-refractivity contribution is 7.99. The maximum absolute atomic E-state index is 12.3. The van der Waals surface area contributed by atoms with Gasteiger partial charge < -0.3 is 0 Å². The van der Waals surface area contributed by atoms with Crippen LogP contribution in [-0.4, -0.2) is 37.6 Å². The summed E-state index contributed by atoms with van der Waals surface area (Å²) < 4.78 is 1.96. The first-order chi connectivity index (χ1) is 15.2. The van der Waals surface area contributed by atoms with Gasteiger partial charge in [-0.1, -0.05) is 65.9 Å². The lowest BCUT2D eigenvalue weighted by atomic mass is 10.2. The van der Waals surface area contributed by atoms with Crippen LogP contribution in [0, 0.1) is 6.92 Å². The Morgan fingerprint density at radius 2 is 1.87 bits per heavy atom. The van der Waals surface area contributed by atoms with E-state index in [0.717, 1.165) is 28.2 Å². The molecule has 0 aliphatic heterocycles. The van der Waals surface area contributed by atoms with Crippen LogP contribution < -0.4 is 5.43 Å². The number of hydrazone groups is 1. The summed E-state index contributed by atoms with van der Waals surface area (Å²) in [7, 11) is 0. The second kappa shape index (κ2) is 9.82. The van der Waals surface area contributed by atoms with Crippen molar-refractivity contribution in [2.75, 3.05) is 5.75 Å². The summed E-state index contributed by atoms with van der Waals surface area (Å²) in [5.41, 5.74) is 6.39. The number of pyridine rings is 1. The van der Waals surface area contributed by atoms with Crippen LogP contribution in [0.1, 0.15) is 11.1 Å². The summed E-state index contributed by atoms with van der Waals surface area (Å²) in [4.78, 5) is 16.3. The van der Waals surface area contributed by atoms with E-state index in [1.807, 2.05) is 72.2 Å². The molecule has 31 heavy (non-hydrogen) atoms. The van der Waals surface area contributed by atoms with Crippen molar-refractivity contribution in [3.63, 3.8) is 0 Å². The third-order valence-corrected chi connectivity index (χ3v) is 5.31. The Balaban J connectivity index is 1.51. The highest BCUT2D eigenvalue weighted by Crippen LogP contribution is 2.28. The Morgan fingerprint density at radius 3 is 2.61 bits per heavy atom. The number of nitrogens with one attached hydrogen (secondary N) is 1. The topological polar surface area (TPSA) is 85.1 Å². The van der Waals surface area contributed by atoms with Gasteiger partial charge in [-0.2, -0.15) is 5.10 Å². The number of thioether (sulfide) groups is 1. The monoisotopic (exact) mass is 428 g/mol. The molecular weight excluding hydrogens is 408 g/mol. The van der Waals surface area contributed by atoms with Gasteiger partial charge >= 0.3 is 0 Å². The third kappa shape index (κ3) is 5.23. The summed E-state index contributed by atoms with van der Waals surface area (Å²) >= 11 is 1.31. The Morgan fingerprint density at radius 1 is 1.06 bits per heavy atom. The normalized spacial score (nSPS) is 11.0. The van der Waals surface area contributed by atoms with E-state index in [1.54, 1.807) is 24.7 Å². The van der Waals surface area contributed by atoms with Crippen LogP contribution in [0.25, 0.3) is 17.1 Å². The Labute approximate surface area is 184 Å². The first kappa shape index (κ1) is 20.5. The number of amides is 1. The maximum Gasteiger partial charge on any atom is 0.250 e. The predicted octanol–water partition coefficient (Wildman–Crippen LogP) is 3.88. The van der Waals surface area contributed by atoms with Gasteiger partial charge in [0.25, 0.3) is 5.91 Å². The van der Waals surface area contributed by atoms with Crippen molar-refractivity contribution in [2.24, 2.45) is 5.10 Å². The van der Waals surface area contributed by atoms with Crippen LogP contribution >= 0.6 is 11.8 Å². The largest absolute Gasteiger partial charge is 0.272 e. The number of hydrogen-bond acceptors (Lipinski definition) is 6. The Bertz CT molecular complexity index is 1170. The van der Waals surface area contributed by atoms with E-state index in [4.69, 9.17) is 0 Å². The molecule has 0 saturated carbocycles. The molecule has 7 nitrogen and oxygen atoms in total. The number of aromatic nitrogens is 4. The number of benzene rings is 2. The molecule has 0 radical (unpaired) electrons.